The lowest BCUT2D eigenvalue weighted by atomic mass is 10.0. The number of hydrogen-bond donors (Lipinski definition) is 1. The molecule has 2 rings (SSSR count). The first-order valence-electron chi connectivity index (χ1n) is 13.3. The van der Waals surface area contributed by atoms with Crippen molar-refractivity contribution in [1.82, 2.24) is 4.72 Å². The minimum Gasteiger partial charge on any atom is -0.211 e. The highest BCUT2D eigenvalue weighted by molar-refractivity contribution is 7.89. The van der Waals surface area contributed by atoms with Gasteiger partial charge in [-0.2, -0.15) is 0 Å². The maximum atomic E-state index is 12.8. The van der Waals surface area contributed by atoms with Crippen molar-refractivity contribution >= 4 is 44.0 Å². The highest BCUT2D eigenvalue weighted by Crippen LogP contribution is 2.35. The van der Waals surface area contributed by atoms with Gasteiger partial charge in [0.15, 0.2) is 0 Å². The van der Waals surface area contributed by atoms with Crippen LogP contribution in [0.25, 0.3) is 10.8 Å². The van der Waals surface area contributed by atoms with E-state index in [-0.39, 0.29) is 9.92 Å². The van der Waals surface area contributed by atoms with Gasteiger partial charge in [0.05, 0.1) is 5.02 Å². The molecule has 0 aliphatic rings. The van der Waals surface area contributed by atoms with E-state index in [0.717, 1.165) is 24.6 Å². The zero-order valence-corrected chi connectivity index (χ0v) is 23.2. The van der Waals surface area contributed by atoms with E-state index in [1.54, 1.807) is 6.07 Å². The summed E-state index contributed by atoms with van der Waals surface area (Å²) in [7, 11) is -3.69. The molecular weight excluding hydrogens is 485 g/mol. The van der Waals surface area contributed by atoms with Crippen LogP contribution >= 0.6 is 23.2 Å². The van der Waals surface area contributed by atoms with E-state index in [9.17, 15) is 8.42 Å². The largest absolute Gasteiger partial charge is 0.242 e. The highest BCUT2D eigenvalue weighted by Gasteiger charge is 2.20. The monoisotopic (exact) mass is 527 g/mol. The predicted octanol–water partition coefficient (Wildman–Crippen LogP) is 9.69. The first-order chi connectivity index (χ1) is 16.5. The van der Waals surface area contributed by atoms with Gasteiger partial charge in [-0.05, 0) is 12.5 Å². The summed E-state index contributed by atoms with van der Waals surface area (Å²) in [5, 5.41) is 2.02. The molecule has 0 aromatic heterocycles. The van der Waals surface area contributed by atoms with Crippen LogP contribution in [0.3, 0.4) is 0 Å². The molecule has 0 bridgehead atoms. The molecule has 0 aliphatic heterocycles. The van der Waals surface area contributed by atoms with E-state index in [2.05, 4.69) is 11.6 Å². The molecule has 0 fully saturated rings. The standard InChI is InChI=1S/C28H43Cl2NO2S/c1-2-3-4-5-6-7-8-9-10-11-12-13-14-15-16-19-22-31-34(32,33)27-23-26(29)24-20-17-18-21-25(24)28(27)30/h17-18,20-21,23,31H,2-16,19,22H2,1H3. The molecule has 2 aromatic rings. The summed E-state index contributed by atoms with van der Waals surface area (Å²) < 4.78 is 28.2. The molecule has 0 unspecified atom stereocenters. The van der Waals surface area contributed by atoms with Crippen molar-refractivity contribution in [1.29, 1.82) is 0 Å². The third kappa shape index (κ3) is 10.4. The number of sulfonamides is 1. The fourth-order valence-corrected chi connectivity index (χ4v) is 6.47. The molecule has 0 aliphatic carbocycles. The van der Waals surface area contributed by atoms with Gasteiger partial charge >= 0.3 is 0 Å². The quantitative estimate of drug-likeness (QED) is 0.185. The van der Waals surface area contributed by atoms with Gasteiger partial charge < -0.3 is 0 Å². The van der Waals surface area contributed by atoms with Crippen molar-refractivity contribution in [3.63, 3.8) is 0 Å². The van der Waals surface area contributed by atoms with Gasteiger partial charge in [0.1, 0.15) is 4.90 Å². The lowest BCUT2D eigenvalue weighted by Gasteiger charge is -2.11. The zero-order valence-electron chi connectivity index (χ0n) is 20.9. The van der Waals surface area contributed by atoms with E-state index < -0.39 is 10.0 Å². The lowest BCUT2D eigenvalue weighted by Crippen LogP contribution is -2.25. The van der Waals surface area contributed by atoms with E-state index >= 15 is 0 Å². The first-order valence-corrected chi connectivity index (χ1v) is 15.6. The van der Waals surface area contributed by atoms with Gasteiger partial charge in [-0.3, -0.25) is 0 Å². The van der Waals surface area contributed by atoms with Gasteiger partial charge in [0.2, 0.25) is 10.0 Å². The topological polar surface area (TPSA) is 46.2 Å². The van der Waals surface area contributed by atoms with Crippen LogP contribution < -0.4 is 4.72 Å². The van der Waals surface area contributed by atoms with Crippen molar-refractivity contribution in [2.24, 2.45) is 0 Å². The molecule has 0 amide bonds. The van der Waals surface area contributed by atoms with Crippen molar-refractivity contribution in [3.8, 4) is 0 Å². The molecule has 0 saturated carbocycles. The molecule has 1 N–H and O–H groups in total. The molecule has 3 nitrogen and oxygen atoms in total. The maximum Gasteiger partial charge on any atom is 0.242 e. The van der Waals surface area contributed by atoms with Crippen LogP contribution in [0.2, 0.25) is 10.0 Å². The van der Waals surface area contributed by atoms with Gasteiger partial charge in [-0.1, -0.05) is 151 Å². The Kier molecular flexibility index (Phi) is 14.5. The van der Waals surface area contributed by atoms with Crippen molar-refractivity contribution in [2.75, 3.05) is 6.54 Å². The number of halogens is 2. The van der Waals surface area contributed by atoms with E-state index in [0.29, 0.717) is 17.0 Å². The molecule has 34 heavy (non-hydrogen) atoms. The minimum absolute atomic E-state index is 0.0503. The Balaban J connectivity index is 1.52. The fraction of sp³-hybridized carbons (Fsp3) is 0.643. The Morgan fingerprint density at radius 2 is 1.12 bits per heavy atom. The van der Waals surface area contributed by atoms with Crippen LogP contribution in [0.4, 0.5) is 0 Å². The summed E-state index contributed by atoms with van der Waals surface area (Å²) in [6.45, 7) is 2.69. The fourth-order valence-electron chi connectivity index (χ4n) is 4.42. The smallest absolute Gasteiger partial charge is 0.211 e. The number of hydrogen-bond acceptors (Lipinski definition) is 2. The second-order valence-electron chi connectivity index (χ2n) is 9.42. The van der Waals surface area contributed by atoms with Crippen LogP contribution in [-0.4, -0.2) is 15.0 Å². The van der Waals surface area contributed by atoms with Crippen molar-refractivity contribution in [2.45, 2.75) is 115 Å². The summed E-state index contributed by atoms with van der Waals surface area (Å²) in [5.41, 5.74) is 0. The van der Waals surface area contributed by atoms with E-state index in [1.165, 1.54) is 89.5 Å². The highest BCUT2D eigenvalue weighted by atomic mass is 35.5. The minimum atomic E-state index is -3.69. The van der Waals surface area contributed by atoms with E-state index in [4.69, 9.17) is 23.2 Å². The maximum absolute atomic E-state index is 12.8. The van der Waals surface area contributed by atoms with Gasteiger partial charge in [0.25, 0.3) is 0 Å². The Morgan fingerprint density at radius 1 is 0.676 bits per heavy atom. The number of nitrogens with one attached hydrogen (secondary N) is 1. The normalized spacial score (nSPS) is 12.0. The van der Waals surface area contributed by atoms with Crippen LogP contribution in [0, 0.1) is 0 Å². The second kappa shape index (κ2) is 16.8. The Labute approximate surface area is 218 Å². The molecule has 0 radical (unpaired) electrons. The van der Waals surface area contributed by atoms with Crippen molar-refractivity contribution < 1.29 is 8.42 Å². The molecule has 0 atom stereocenters. The molecule has 0 spiro atoms. The number of unbranched alkanes of at least 4 members (excludes halogenated alkanes) is 15. The average molecular weight is 529 g/mol. The number of rotatable bonds is 19. The second-order valence-corrected chi connectivity index (χ2v) is 11.9. The van der Waals surface area contributed by atoms with Gasteiger partial charge in [0, 0.05) is 22.3 Å². The molecule has 6 heteroatoms. The van der Waals surface area contributed by atoms with Crippen LogP contribution in [-0.2, 0) is 10.0 Å². The van der Waals surface area contributed by atoms with E-state index in [1.807, 2.05) is 18.2 Å². The Bertz CT molecular complexity index is 947. The average Bonchev–Trinajstić information content (AvgIpc) is 2.83. The first kappa shape index (κ1) is 29.4. The predicted molar refractivity (Wildman–Crippen MR) is 149 cm³/mol. The summed E-state index contributed by atoms with van der Waals surface area (Å²) in [5.74, 6) is 0. The molecule has 0 heterocycles. The van der Waals surface area contributed by atoms with Crippen LogP contribution in [0.1, 0.15) is 110 Å². The SMILES string of the molecule is CCCCCCCCCCCCCCCCCCNS(=O)(=O)c1cc(Cl)c2ccccc2c1Cl. The number of fused-ring (bicyclic) bond motifs is 1. The van der Waals surface area contributed by atoms with Gasteiger partial charge in [-0.15, -0.1) is 0 Å². The number of benzene rings is 2. The summed E-state index contributed by atoms with van der Waals surface area (Å²) >= 11 is 12.7. The summed E-state index contributed by atoms with van der Waals surface area (Å²) in [4.78, 5) is 0.0503. The van der Waals surface area contributed by atoms with Crippen LogP contribution in [0.5, 0.6) is 0 Å². The third-order valence-corrected chi connectivity index (χ3v) is 8.82. The molecular formula is C28H43Cl2NO2S. The third-order valence-electron chi connectivity index (χ3n) is 6.51. The Morgan fingerprint density at radius 3 is 1.62 bits per heavy atom. The zero-order chi connectivity index (χ0) is 24.7. The molecule has 0 saturated heterocycles. The van der Waals surface area contributed by atoms with Gasteiger partial charge in [-0.25, -0.2) is 13.1 Å². The van der Waals surface area contributed by atoms with Crippen LogP contribution in [0.15, 0.2) is 35.2 Å². The lowest BCUT2D eigenvalue weighted by molar-refractivity contribution is 0.528. The molecule has 2 aromatic carbocycles. The summed E-state index contributed by atoms with van der Waals surface area (Å²) in [6.07, 6.45) is 20.8. The molecule has 192 valence electrons. The summed E-state index contributed by atoms with van der Waals surface area (Å²) in [6, 6.07) is 8.75. The van der Waals surface area contributed by atoms with Crippen molar-refractivity contribution in [3.05, 3.63) is 40.4 Å². The Hall–Kier alpha value is -0.810.